The molecule has 1 N–H and O–H groups in total. The molecule has 1 aliphatic heterocycles. The van der Waals surface area contributed by atoms with Crippen molar-refractivity contribution < 1.29 is 14.0 Å². The predicted octanol–water partition coefficient (Wildman–Crippen LogP) is 3.80. The van der Waals surface area contributed by atoms with E-state index in [1.165, 1.54) is 12.1 Å². The molecule has 0 aromatic heterocycles. The first-order valence-electron chi connectivity index (χ1n) is 9.16. The maximum absolute atomic E-state index is 13.1. The van der Waals surface area contributed by atoms with E-state index >= 15 is 0 Å². The molecule has 27 heavy (non-hydrogen) atoms. The van der Waals surface area contributed by atoms with Gasteiger partial charge in [-0.1, -0.05) is 12.1 Å². The lowest BCUT2D eigenvalue weighted by Crippen LogP contribution is -2.49. The average Bonchev–Trinajstić information content (AvgIpc) is 2.65. The van der Waals surface area contributed by atoms with Gasteiger partial charge in [-0.05, 0) is 62.2 Å². The maximum Gasteiger partial charge on any atom is 0.324 e. The smallest absolute Gasteiger partial charge is 0.324 e. The number of anilines is 1. The minimum absolute atomic E-state index is 0.0702. The number of rotatable bonds is 5. The van der Waals surface area contributed by atoms with Gasteiger partial charge < -0.3 is 10.2 Å². The summed E-state index contributed by atoms with van der Waals surface area (Å²) < 4.78 is 13.1. The molecule has 1 saturated heterocycles. The zero-order valence-electron chi connectivity index (χ0n) is 15.6. The fourth-order valence-electron chi connectivity index (χ4n) is 3.12. The van der Waals surface area contributed by atoms with E-state index in [-0.39, 0.29) is 23.8 Å². The number of hydrogen-bond donors (Lipinski definition) is 1. The molecule has 1 aliphatic rings. The fraction of sp³-hybridized carbons (Fsp3) is 0.333. The summed E-state index contributed by atoms with van der Waals surface area (Å²) in [5.41, 5.74) is 2.23. The van der Waals surface area contributed by atoms with Gasteiger partial charge in [-0.2, -0.15) is 0 Å². The number of nitrogens with one attached hydrogen (secondary N) is 1. The summed E-state index contributed by atoms with van der Waals surface area (Å²) in [4.78, 5) is 28.4. The molecular formula is C21H24FN3O2. The van der Waals surface area contributed by atoms with Crippen LogP contribution in [0.3, 0.4) is 0 Å². The van der Waals surface area contributed by atoms with Crippen LogP contribution in [0, 0.1) is 5.82 Å². The first kappa shape index (κ1) is 18.9. The van der Waals surface area contributed by atoms with Crippen LogP contribution in [-0.2, 0) is 6.54 Å². The minimum Gasteiger partial charge on any atom is -0.350 e. The van der Waals surface area contributed by atoms with Gasteiger partial charge in [0.05, 0.1) is 0 Å². The third-order valence-electron chi connectivity index (χ3n) is 4.46. The van der Waals surface area contributed by atoms with Gasteiger partial charge in [0.2, 0.25) is 0 Å². The van der Waals surface area contributed by atoms with Crippen LogP contribution < -0.4 is 10.2 Å². The second kappa shape index (κ2) is 8.20. The first-order valence-corrected chi connectivity index (χ1v) is 9.16. The molecule has 0 unspecified atom stereocenters. The van der Waals surface area contributed by atoms with Crippen molar-refractivity contribution in [1.29, 1.82) is 0 Å². The number of amides is 3. The summed E-state index contributed by atoms with van der Waals surface area (Å²) in [6.45, 7) is 5.57. The largest absolute Gasteiger partial charge is 0.350 e. The van der Waals surface area contributed by atoms with Gasteiger partial charge >= 0.3 is 6.03 Å². The summed E-state index contributed by atoms with van der Waals surface area (Å²) in [7, 11) is 0. The van der Waals surface area contributed by atoms with Gasteiger partial charge in [0.15, 0.2) is 0 Å². The van der Waals surface area contributed by atoms with Crippen LogP contribution in [-0.4, -0.2) is 36.0 Å². The number of urea groups is 1. The molecule has 3 amide bonds. The molecule has 3 rings (SSSR count). The Morgan fingerprint density at radius 2 is 1.74 bits per heavy atom. The first-order chi connectivity index (χ1) is 12.9. The van der Waals surface area contributed by atoms with Crippen molar-refractivity contribution in [3.05, 3.63) is 65.5 Å². The SMILES string of the molecule is CC(C)NC(=O)c1ccc(N2CCCN(Cc3ccc(F)cc3)C2=O)cc1. The Morgan fingerprint density at radius 1 is 1.07 bits per heavy atom. The van der Waals surface area contributed by atoms with E-state index in [0.29, 0.717) is 25.2 Å². The molecular weight excluding hydrogens is 345 g/mol. The van der Waals surface area contributed by atoms with Crippen molar-refractivity contribution in [2.45, 2.75) is 32.9 Å². The lowest BCUT2D eigenvalue weighted by Gasteiger charge is -2.35. The average molecular weight is 369 g/mol. The molecule has 142 valence electrons. The minimum atomic E-state index is -0.285. The van der Waals surface area contributed by atoms with Gasteiger partial charge in [0, 0.05) is 36.9 Å². The van der Waals surface area contributed by atoms with Crippen molar-refractivity contribution in [2.75, 3.05) is 18.0 Å². The lowest BCUT2D eigenvalue weighted by molar-refractivity contribution is 0.0943. The summed E-state index contributed by atoms with van der Waals surface area (Å²) in [5.74, 6) is -0.411. The number of carbonyl (C=O) groups is 2. The highest BCUT2D eigenvalue weighted by Gasteiger charge is 2.26. The third-order valence-corrected chi connectivity index (χ3v) is 4.46. The fourth-order valence-corrected chi connectivity index (χ4v) is 3.12. The van der Waals surface area contributed by atoms with E-state index in [9.17, 15) is 14.0 Å². The topological polar surface area (TPSA) is 52.7 Å². The predicted molar refractivity (Wildman–Crippen MR) is 103 cm³/mol. The van der Waals surface area contributed by atoms with E-state index in [2.05, 4.69) is 5.32 Å². The summed E-state index contributed by atoms with van der Waals surface area (Å²) in [6.07, 6.45) is 0.850. The molecule has 0 spiro atoms. The van der Waals surface area contributed by atoms with Crippen LogP contribution in [0.1, 0.15) is 36.2 Å². The Labute approximate surface area is 158 Å². The molecule has 0 atom stereocenters. The van der Waals surface area contributed by atoms with Crippen molar-refractivity contribution >= 4 is 17.6 Å². The molecule has 6 heteroatoms. The molecule has 0 aliphatic carbocycles. The van der Waals surface area contributed by atoms with Crippen molar-refractivity contribution in [1.82, 2.24) is 10.2 Å². The van der Waals surface area contributed by atoms with E-state index < -0.39 is 0 Å². The number of benzene rings is 2. The Hall–Kier alpha value is -2.89. The van der Waals surface area contributed by atoms with Gasteiger partial charge in [0.1, 0.15) is 5.82 Å². The van der Waals surface area contributed by atoms with Gasteiger partial charge in [-0.15, -0.1) is 0 Å². The molecule has 5 nitrogen and oxygen atoms in total. The lowest BCUT2D eigenvalue weighted by atomic mass is 10.1. The zero-order valence-corrected chi connectivity index (χ0v) is 15.6. The number of carbonyl (C=O) groups excluding carboxylic acids is 2. The maximum atomic E-state index is 13.1. The molecule has 0 radical (unpaired) electrons. The van der Waals surface area contributed by atoms with Crippen LogP contribution in [0.15, 0.2) is 48.5 Å². The number of hydrogen-bond acceptors (Lipinski definition) is 2. The molecule has 2 aromatic rings. The summed E-state index contributed by atoms with van der Waals surface area (Å²) in [6, 6.07) is 13.3. The normalized spacial score (nSPS) is 14.6. The van der Waals surface area contributed by atoms with E-state index in [1.54, 1.807) is 46.2 Å². The van der Waals surface area contributed by atoms with E-state index in [4.69, 9.17) is 0 Å². The second-order valence-corrected chi connectivity index (χ2v) is 7.01. The highest BCUT2D eigenvalue weighted by atomic mass is 19.1. The van der Waals surface area contributed by atoms with Gasteiger partial charge in [0.25, 0.3) is 5.91 Å². The summed E-state index contributed by atoms with van der Waals surface area (Å²) in [5, 5.41) is 2.85. The van der Waals surface area contributed by atoms with Crippen LogP contribution in [0.5, 0.6) is 0 Å². The Balaban J connectivity index is 1.69. The van der Waals surface area contributed by atoms with Crippen molar-refractivity contribution in [3.8, 4) is 0 Å². The zero-order chi connectivity index (χ0) is 19.4. The highest BCUT2D eigenvalue weighted by Crippen LogP contribution is 2.22. The quantitative estimate of drug-likeness (QED) is 0.872. The Bertz CT molecular complexity index is 803. The highest BCUT2D eigenvalue weighted by molar-refractivity contribution is 5.96. The molecule has 1 heterocycles. The number of halogens is 1. The molecule has 0 saturated carbocycles. The molecule has 1 fully saturated rings. The van der Waals surface area contributed by atoms with Crippen molar-refractivity contribution in [2.24, 2.45) is 0 Å². The van der Waals surface area contributed by atoms with Crippen LogP contribution in [0.25, 0.3) is 0 Å². The van der Waals surface area contributed by atoms with Gasteiger partial charge in [-0.25, -0.2) is 9.18 Å². The van der Waals surface area contributed by atoms with Crippen LogP contribution in [0.2, 0.25) is 0 Å². The molecule has 0 bridgehead atoms. The van der Waals surface area contributed by atoms with Crippen molar-refractivity contribution in [3.63, 3.8) is 0 Å². The van der Waals surface area contributed by atoms with Crippen LogP contribution in [0.4, 0.5) is 14.9 Å². The van der Waals surface area contributed by atoms with Gasteiger partial charge in [-0.3, -0.25) is 9.69 Å². The number of nitrogens with zero attached hydrogens (tertiary/aromatic N) is 2. The Kier molecular flexibility index (Phi) is 5.74. The van der Waals surface area contributed by atoms with E-state index in [0.717, 1.165) is 17.7 Å². The second-order valence-electron chi connectivity index (χ2n) is 7.01. The van der Waals surface area contributed by atoms with E-state index in [1.807, 2.05) is 13.8 Å². The third kappa shape index (κ3) is 4.64. The van der Waals surface area contributed by atoms with Crippen LogP contribution >= 0.6 is 0 Å². The standard InChI is InChI=1S/C21H24FN3O2/c1-15(2)23-20(26)17-6-10-19(11-7-17)25-13-3-12-24(21(25)27)14-16-4-8-18(22)9-5-16/h4-11,15H,3,12-14H2,1-2H3,(H,23,26). The molecule has 2 aromatic carbocycles. The monoisotopic (exact) mass is 369 g/mol. The summed E-state index contributed by atoms with van der Waals surface area (Å²) >= 11 is 0. The Morgan fingerprint density at radius 3 is 2.37 bits per heavy atom.